The second kappa shape index (κ2) is 14.8. The van der Waals surface area contributed by atoms with E-state index in [1.165, 1.54) is 27.8 Å². The highest BCUT2D eigenvalue weighted by Crippen LogP contribution is 2.64. The number of nitrogens with zero attached hydrogens (tertiary/aromatic N) is 4. The molecular weight excluding hydrogens is 741 g/mol. The Morgan fingerprint density at radius 1 is 0.459 bits per heavy atom. The average molecular weight is 777 g/mol. The van der Waals surface area contributed by atoms with Crippen LogP contribution in [0.5, 0.6) is 0 Å². The molecule has 4 nitrogen and oxygen atoms in total. The summed E-state index contributed by atoms with van der Waals surface area (Å²) < 4.78 is 0. The molecule has 0 radical (unpaired) electrons. The fraction of sp³-hybridized carbons (Fsp3) is 0.0175. The molecule has 0 amide bonds. The number of hydrogen-bond donors (Lipinski definition) is 0. The van der Waals surface area contributed by atoms with Gasteiger partial charge < -0.3 is 0 Å². The number of benzene rings is 7. The van der Waals surface area contributed by atoms with Gasteiger partial charge in [0.1, 0.15) is 0 Å². The summed E-state index contributed by atoms with van der Waals surface area (Å²) in [7, 11) is 0. The second-order valence-electron chi connectivity index (χ2n) is 15.3. The van der Waals surface area contributed by atoms with Crippen molar-refractivity contribution in [2.24, 2.45) is 9.98 Å². The lowest BCUT2D eigenvalue weighted by Crippen LogP contribution is -2.26. The van der Waals surface area contributed by atoms with Crippen LogP contribution in [0.4, 0.5) is 0 Å². The normalized spacial score (nSPS) is 13.3. The molecule has 0 N–H and O–H groups in total. The maximum atomic E-state index is 5.45. The van der Waals surface area contributed by atoms with Crippen LogP contribution in [-0.4, -0.2) is 22.5 Å². The first kappa shape index (κ1) is 35.9. The van der Waals surface area contributed by atoms with Crippen molar-refractivity contribution in [2.45, 2.75) is 5.41 Å². The predicted molar refractivity (Wildman–Crippen MR) is 249 cm³/mol. The molecule has 0 fully saturated rings. The minimum Gasteiger partial charge on any atom is -0.245 e. The van der Waals surface area contributed by atoms with Gasteiger partial charge in [-0.15, -0.1) is 0 Å². The topological polar surface area (TPSA) is 50.5 Å². The molecule has 1 aromatic heterocycles. The molecule has 0 bridgehead atoms. The van der Waals surface area contributed by atoms with Crippen molar-refractivity contribution in [3.8, 4) is 56.2 Å². The van der Waals surface area contributed by atoms with Gasteiger partial charge in [-0.25, -0.2) is 20.0 Å². The predicted octanol–water partition coefficient (Wildman–Crippen LogP) is 13.1. The molecule has 0 saturated carbocycles. The summed E-state index contributed by atoms with van der Waals surface area (Å²) in [6.45, 7) is 3.99. The number of allylic oxidation sites excluding steroid dienone is 1. The van der Waals surface area contributed by atoms with Crippen molar-refractivity contribution in [3.63, 3.8) is 0 Å². The maximum Gasteiger partial charge on any atom is 0.160 e. The van der Waals surface area contributed by atoms with Crippen molar-refractivity contribution in [2.75, 3.05) is 0 Å². The average Bonchev–Trinajstić information content (AvgIpc) is 3.81. The van der Waals surface area contributed by atoms with E-state index in [0.717, 1.165) is 67.2 Å². The quantitative estimate of drug-likeness (QED) is 0.120. The molecule has 8 aromatic carbocycles. The third-order valence-corrected chi connectivity index (χ3v) is 11.9. The van der Waals surface area contributed by atoms with E-state index < -0.39 is 5.41 Å². The lowest BCUT2D eigenvalue weighted by atomic mass is 9.68. The zero-order valence-electron chi connectivity index (χ0n) is 33.1. The third-order valence-electron chi connectivity index (χ3n) is 11.9. The Hall–Kier alpha value is -8.26. The molecule has 4 heteroatoms. The summed E-state index contributed by atoms with van der Waals surface area (Å²) in [5.41, 5.74) is 17.6. The minimum atomic E-state index is -0.597. The fourth-order valence-corrected chi connectivity index (χ4v) is 9.24. The molecule has 11 rings (SSSR count). The van der Waals surface area contributed by atoms with Crippen LogP contribution in [0.1, 0.15) is 33.4 Å². The van der Waals surface area contributed by atoms with Crippen LogP contribution in [-0.2, 0) is 5.41 Å². The van der Waals surface area contributed by atoms with Crippen LogP contribution in [0.3, 0.4) is 0 Å². The molecule has 0 aliphatic heterocycles. The summed E-state index contributed by atoms with van der Waals surface area (Å²) in [5, 5.41) is 0. The van der Waals surface area contributed by atoms with Gasteiger partial charge in [-0.2, -0.15) is 0 Å². The van der Waals surface area contributed by atoms with Gasteiger partial charge in [-0.05, 0) is 75.5 Å². The van der Waals surface area contributed by atoms with Crippen LogP contribution >= 0.6 is 0 Å². The number of hydrogen-bond acceptors (Lipinski definition) is 3. The van der Waals surface area contributed by atoms with E-state index >= 15 is 0 Å². The highest BCUT2D eigenvalue weighted by atomic mass is 14.9. The molecule has 0 unspecified atom stereocenters. The smallest absolute Gasteiger partial charge is 0.160 e. The van der Waals surface area contributed by atoms with Crippen LogP contribution in [0, 0.1) is 12.1 Å². The van der Waals surface area contributed by atoms with Crippen molar-refractivity contribution >= 4 is 23.8 Å². The zero-order chi connectivity index (χ0) is 40.8. The molecule has 1 heterocycles. The molecule has 0 saturated heterocycles. The largest absolute Gasteiger partial charge is 0.245 e. The third kappa shape index (κ3) is 5.94. The summed E-state index contributed by atoms with van der Waals surface area (Å²) >= 11 is 0. The molecule has 9 aromatic rings. The molecule has 2 aliphatic rings. The van der Waals surface area contributed by atoms with Crippen molar-refractivity contribution in [1.29, 1.82) is 0 Å². The van der Waals surface area contributed by atoms with E-state index in [0.29, 0.717) is 11.7 Å². The van der Waals surface area contributed by atoms with Crippen molar-refractivity contribution in [3.05, 3.63) is 252 Å². The summed E-state index contributed by atoms with van der Waals surface area (Å²) in [5.74, 6) is 1.27. The Morgan fingerprint density at radius 2 is 0.967 bits per heavy atom. The molecule has 1 spiro atoms. The molecule has 2 aliphatic carbocycles. The van der Waals surface area contributed by atoms with Gasteiger partial charge in [0.25, 0.3) is 0 Å². The first-order valence-electron chi connectivity index (χ1n) is 20.4. The Balaban J connectivity index is 1.04. The van der Waals surface area contributed by atoms with E-state index in [1.54, 1.807) is 0 Å². The number of amidine groups is 1. The summed E-state index contributed by atoms with van der Waals surface area (Å²) in [6, 6.07) is 78.1. The first-order valence-corrected chi connectivity index (χ1v) is 20.4. The van der Waals surface area contributed by atoms with Gasteiger partial charge in [0.2, 0.25) is 0 Å². The zero-order valence-corrected chi connectivity index (χ0v) is 33.1. The van der Waals surface area contributed by atoms with Crippen LogP contribution in [0.25, 0.3) is 67.4 Å². The lowest BCUT2D eigenvalue weighted by Gasteiger charge is -2.32. The second-order valence-corrected chi connectivity index (χ2v) is 15.3. The van der Waals surface area contributed by atoms with E-state index in [2.05, 4.69) is 145 Å². The van der Waals surface area contributed by atoms with Crippen molar-refractivity contribution in [1.82, 2.24) is 9.97 Å². The highest BCUT2D eigenvalue weighted by molar-refractivity contribution is 6.13. The first-order chi connectivity index (χ1) is 30.2. The summed E-state index contributed by atoms with van der Waals surface area (Å²) in [4.78, 5) is 19.9. The fourth-order valence-electron chi connectivity index (χ4n) is 9.24. The van der Waals surface area contributed by atoms with E-state index in [1.807, 2.05) is 84.9 Å². The SMILES string of the molecule is C=N/C(=N\C1=C(c2ccc(-c3ccc(-c4cc(-c5cc#ccc5)nc(-c5ccccc5)n4)cc3)cc2)C2(c3ccccc31)c1ccccc1-c1ccccc12)c1ccccc1. The van der Waals surface area contributed by atoms with Crippen LogP contribution in [0.15, 0.2) is 216 Å². The summed E-state index contributed by atoms with van der Waals surface area (Å²) in [6.07, 6.45) is 0. The Kier molecular flexibility index (Phi) is 8.73. The van der Waals surface area contributed by atoms with Gasteiger partial charge in [-0.3, -0.25) is 0 Å². The number of fused-ring (bicyclic) bond motifs is 7. The standard InChI is InChI=1S/C57H36N4/c1-58-55(43-19-7-3-8-20-43)61-54-47-25-13-16-28-50(47)57(48-26-14-11-23-45(48)46-24-12-15-27-49(46)57)53(54)42-35-31-39(32-36-42)38-29-33-41(34-30-38)52-37-51(40-17-5-2-6-18-40)59-56(60-52)44-21-9-4-10-22-44/h3-5,7-37H,1H2/b61-55-. The Morgan fingerprint density at radius 3 is 1.56 bits per heavy atom. The highest BCUT2D eigenvalue weighted by Gasteiger charge is 2.53. The van der Waals surface area contributed by atoms with Gasteiger partial charge in [-0.1, -0.05) is 194 Å². The van der Waals surface area contributed by atoms with Gasteiger partial charge in [0, 0.05) is 33.4 Å². The molecular formula is C57H36N4. The molecule has 61 heavy (non-hydrogen) atoms. The monoisotopic (exact) mass is 776 g/mol. The number of rotatable bonds is 7. The minimum absolute atomic E-state index is 0.587. The van der Waals surface area contributed by atoms with E-state index in [-0.39, 0.29) is 0 Å². The maximum absolute atomic E-state index is 5.45. The van der Waals surface area contributed by atoms with Gasteiger partial charge >= 0.3 is 0 Å². The number of aliphatic imine (C=N–C) groups is 2. The van der Waals surface area contributed by atoms with Gasteiger partial charge in [0.15, 0.2) is 11.7 Å². The number of aromatic nitrogens is 2. The molecule has 284 valence electrons. The van der Waals surface area contributed by atoms with E-state index in [9.17, 15) is 0 Å². The lowest BCUT2D eigenvalue weighted by molar-refractivity contribution is 0.842. The molecule has 0 atom stereocenters. The Labute approximate surface area is 355 Å². The van der Waals surface area contributed by atoms with Crippen molar-refractivity contribution < 1.29 is 0 Å². The van der Waals surface area contributed by atoms with Crippen LogP contribution in [0.2, 0.25) is 0 Å². The van der Waals surface area contributed by atoms with Crippen LogP contribution < -0.4 is 0 Å². The van der Waals surface area contributed by atoms with Gasteiger partial charge in [0.05, 0.1) is 22.5 Å². The van der Waals surface area contributed by atoms with E-state index in [4.69, 9.17) is 15.0 Å². The Bertz CT molecular complexity index is 3060.